The largest absolute Gasteiger partial charge is 0.493 e. The normalized spacial score (nSPS) is 10.3. The summed E-state index contributed by atoms with van der Waals surface area (Å²) in [7, 11) is 1.61. The standard InChI is InChI=1S/C15H22BrNO4/c1-4-6-21-15-12(16)7-11(8-13(15)19-3)9-17-10-14(18)20-5-2/h7-8,17H,4-6,9-10H2,1-3H3. The van der Waals surface area contributed by atoms with Crippen LogP contribution in [0.3, 0.4) is 0 Å². The van der Waals surface area contributed by atoms with Gasteiger partial charge in [-0.2, -0.15) is 0 Å². The average Bonchev–Trinajstić information content (AvgIpc) is 2.46. The van der Waals surface area contributed by atoms with Crippen molar-refractivity contribution < 1.29 is 19.0 Å². The number of esters is 1. The van der Waals surface area contributed by atoms with Gasteiger partial charge in [0.15, 0.2) is 11.5 Å². The molecule has 0 atom stereocenters. The van der Waals surface area contributed by atoms with Crippen molar-refractivity contribution in [3.8, 4) is 11.5 Å². The second kappa shape index (κ2) is 9.63. The van der Waals surface area contributed by atoms with Crippen LogP contribution in [0.5, 0.6) is 11.5 Å². The van der Waals surface area contributed by atoms with Gasteiger partial charge >= 0.3 is 5.97 Å². The second-order valence-corrected chi connectivity index (χ2v) is 5.22. The molecule has 5 nitrogen and oxygen atoms in total. The van der Waals surface area contributed by atoms with Gasteiger partial charge in [0.2, 0.25) is 0 Å². The molecule has 0 saturated heterocycles. The maximum Gasteiger partial charge on any atom is 0.319 e. The van der Waals surface area contributed by atoms with Gasteiger partial charge in [0.1, 0.15) is 0 Å². The number of methoxy groups -OCH3 is 1. The smallest absolute Gasteiger partial charge is 0.319 e. The lowest BCUT2D eigenvalue weighted by Gasteiger charge is -2.14. The lowest BCUT2D eigenvalue weighted by molar-refractivity contribution is -0.142. The summed E-state index contributed by atoms with van der Waals surface area (Å²) in [6.07, 6.45) is 0.929. The van der Waals surface area contributed by atoms with Gasteiger partial charge in [0.05, 0.1) is 31.3 Å². The first-order valence-corrected chi connectivity index (χ1v) is 7.77. The summed E-state index contributed by atoms with van der Waals surface area (Å²) in [5, 5.41) is 3.04. The van der Waals surface area contributed by atoms with Crippen molar-refractivity contribution >= 4 is 21.9 Å². The molecule has 1 rings (SSSR count). The molecule has 0 fully saturated rings. The highest BCUT2D eigenvalue weighted by Gasteiger charge is 2.11. The van der Waals surface area contributed by atoms with E-state index in [-0.39, 0.29) is 12.5 Å². The first-order valence-electron chi connectivity index (χ1n) is 6.97. The van der Waals surface area contributed by atoms with E-state index in [0.29, 0.717) is 31.3 Å². The van der Waals surface area contributed by atoms with Gasteiger partial charge in [-0.25, -0.2) is 0 Å². The number of hydrogen-bond donors (Lipinski definition) is 1. The number of rotatable bonds is 9. The first-order chi connectivity index (χ1) is 10.1. The average molecular weight is 360 g/mol. The van der Waals surface area contributed by atoms with Gasteiger partial charge < -0.3 is 19.5 Å². The molecule has 0 radical (unpaired) electrons. The molecule has 0 aliphatic carbocycles. The molecule has 0 aliphatic heterocycles. The fourth-order valence-electron chi connectivity index (χ4n) is 1.74. The molecule has 0 aromatic heterocycles. The molecule has 1 aromatic rings. The van der Waals surface area contributed by atoms with Crippen molar-refractivity contribution in [2.45, 2.75) is 26.8 Å². The minimum Gasteiger partial charge on any atom is -0.493 e. The Bertz CT molecular complexity index is 465. The maximum atomic E-state index is 11.3. The minimum atomic E-state index is -0.258. The quantitative estimate of drug-likeness (QED) is 0.687. The summed E-state index contributed by atoms with van der Waals surface area (Å²) in [6, 6.07) is 3.85. The van der Waals surface area contributed by atoms with Crippen molar-refractivity contribution in [2.75, 3.05) is 26.9 Å². The van der Waals surface area contributed by atoms with E-state index in [1.54, 1.807) is 14.0 Å². The van der Waals surface area contributed by atoms with Gasteiger partial charge in [0, 0.05) is 6.54 Å². The summed E-state index contributed by atoms with van der Waals surface area (Å²) >= 11 is 3.49. The monoisotopic (exact) mass is 359 g/mol. The van der Waals surface area contributed by atoms with Crippen LogP contribution in [0, 0.1) is 0 Å². The lowest BCUT2D eigenvalue weighted by atomic mass is 10.2. The van der Waals surface area contributed by atoms with Crippen LogP contribution in [-0.4, -0.2) is 32.8 Å². The summed E-state index contributed by atoms with van der Waals surface area (Å²) in [4.78, 5) is 11.3. The fraction of sp³-hybridized carbons (Fsp3) is 0.533. The highest BCUT2D eigenvalue weighted by molar-refractivity contribution is 9.10. The van der Waals surface area contributed by atoms with E-state index in [2.05, 4.69) is 21.2 Å². The molecule has 0 aliphatic rings. The van der Waals surface area contributed by atoms with Crippen LogP contribution < -0.4 is 14.8 Å². The van der Waals surface area contributed by atoms with Crippen LogP contribution in [0.15, 0.2) is 16.6 Å². The van der Waals surface area contributed by atoms with Crippen LogP contribution in [-0.2, 0) is 16.1 Å². The van der Waals surface area contributed by atoms with Crippen LogP contribution in [0.1, 0.15) is 25.8 Å². The molecule has 0 unspecified atom stereocenters. The van der Waals surface area contributed by atoms with Crippen molar-refractivity contribution in [1.82, 2.24) is 5.32 Å². The summed E-state index contributed by atoms with van der Waals surface area (Å²) in [5.74, 6) is 1.12. The van der Waals surface area contributed by atoms with Gasteiger partial charge in [-0.3, -0.25) is 4.79 Å². The predicted octanol–water partition coefficient (Wildman–Crippen LogP) is 2.90. The Morgan fingerprint density at radius 3 is 2.71 bits per heavy atom. The van der Waals surface area contributed by atoms with Crippen LogP contribution in [0.2, 0.25) is 0 Å². The third-order valence-electron chi connectivity index (χ3n) is 2.64. The number of halogens is 1. The Hall–Kier alpha value is -1.27. The maximum absolute atomic E-state index is 11.3. The van der Waals surface area contributed by atoms with Gasteiger partial charge in [-0.15, -0.1) is 0 Å². The molecule has 1 aromatic carbocycles. The Balaban J connectivity index is 2.67. The van der Waals surface area contributed by atoms with E-state index in [9.17, 15) is 4.79 Å². The molecule has 0 heterocycles. The Labute approximate surface area is 134 Å². The van der Waals surface area contributed by atoms with Crippen molar-refractivity contribution in [2.24, 2.45) is 0 Å². The number of hydrogen-bond acceptors (Lipinski definition) is 5. The zero-order chi connectivity index (χ0) is 15.7. The SMILES string of the molecule is CCCOc1c(Br)cc(CNCC(=O)OCC)cc1OC. The Kier molecular flexibility index (Phi) is 8.15. The highest BCUT2D eigenvalue weighted by Crippen LogP contribution is 2.36. The second-order valence-electron chi connectivity index (χ2n) is 4.37. The van der Waals surface area contributed by atoms with E-state index in [1.807, 2.05) is 19.1 Å². The van der Waals surface area contributed by atoms with Crippen molar-refractivity contribution in [1.29, 1.82) is 0 Å². The number of benzene rings is 1. The number of nitrogens with one attached hydrogen (secondary N) is 1. The molecule has 6 heteroatoms. The zero-order valence-electron chi connectivity index (χ0n) is 12.7. The fourth-order valence-corrected chi connectivity index (χ4v) is 2.34. The number of carbonyl (C=O) groups is 1. The van der Waals surface area contributed by atoms with Crippen LogP contribution in [0.25, 0.3) is 0 Å². The van der Waals surface area contributed by atoms with E-state index < -0.39 is 0 Å². The van der Waals surface area contributed by atoms with Gasteiger partial charge in [0.25, 0.3) is 0 Å². The minimum absolute atomic E-state index is 0.182. The number of carbonyl (C=O) groups excluding carboxylic acids is 1. The molecular weight excluding hydrogens is 338 g/mol. The molecule has 0 saturated carbocycles. The predicted molar refractivity (Wildman–Crippen MR) is 84.8 cm³/mol. The summed E-state index contributed by atoms with van der Waals surface area (Å²) in [5.41, 5.74) is 0.992. The molecule has 0 amide bonds. The highest BCUT2D eigenvalue weighted by atomic mass is 79.9. The van der Waals surface area contributed by atoms with Crippen LogP contribution >= 0.6 is 15.9 Å². The van der Waals surface area contributed by atoms with E-state index in [4.69, 9.17) is 14.2 Å². The molecule has 1 N–H and O–H groups in total. The Morgan fingerprint density at radius 1 is 1.33 bits per heavy atom. The lowest BCUT2D eigenvalue weighted by Crippen LogP contribution is -2.24. The molecule has 21 heavy (non-hydrogen) atoms. The third-order valence-corrected chi connectivity index (χ3v) is 3.23. The first kappa shape index (κ1) is 17.8. The van der Waals surface area contributed by atoms with E-state index >= 15 is 0 Å². The summed E-state index contributed by atoms with van der Waals surface area (Å²) in [6.45, 7) is 5.59. The van der Waals surface area contributed by atoms with E-state index in [0.717, 1.165) is 16.5 Å². The topological polar surface area (TPSA) is 56.8 Å². The Morgan fingerprint density at radius 2 is 2.10 bits per heavy atom. The molecule has 0 spiro atoms. The van der Waals surface area contributed by atoms with E-state index in [1.165, 1.54) is 0 Å². The molecule has 118 valence electrons. The van der Waals surface area contributed by atoms with Gasteiger partial charge in [-0.05, 0) is 47.0 Å². The van der Waals surface area contributed by atoms with Crippen molar-refractivity contribution in [3.63, 3.8) is 0 Å². The molecule has 0 bridgehead atoms. The van der Waals surface area contributed by atoms with Crippen LogP contribution in [0.4, 0.5) is 0 Å². The van der Waals surface area contributed by atoms with Crippen molar-refractivity contribution in [3.05, 3.63) is 22.2 Å². The zero-order valence-corrected chi connectivity index (χ0v) is 14.3. The molecular formula is C15H22BrNO4. The van der Waals surface area contributed by atoms with Gasteiger partial charge in [-0.1, -0.05) is 6.92 Å². The number of ether oxygens (including phenoxy) is 3. The summed E-state index contributed by atoms with van der Waals surface area (Å²) < 4.78 is 16.7. The third kappa shape index (κ3) is 5.93.